The van der Waals surface area contributed by atoms with Crippen molar-refractivity contribution < 1.29 is 14.4 Å². The molecule has 3 atom stereocenters. The first-order valence-electron chi connectivity index (χ1n) is 10.8. The fourth-order valence-corrected chi connectivity index (χ4v) is 5.96. The molecule has 4 fully saturated rings. The van der Waals surface area contributed by atoms with E-state index in [0.717, 1.165) is 58.0 Å². The van der Waals surface area contributed by atoms with Gasteiger partial charge in [-0.3, -0.25) is 14.4 Å². The van der Waals surface area contributed by atoms with Gasteiger partial charge >= 0.3 is 0 Å². The third-order valence-electron chi connectivity index (χ3n) is 7.65. The summed E-state index contributed by atoms with van der Waals surface area (Å²) < 4.78 is 0. The molecule has 4 aliphatic rings. The molecule has 6 nitrogen and oxygen atoms in total. The molecule has 0 aromatic heterocycles. The third-order valence-corrected chi connectivity index (χ3v) is 7.65. The minimum atomic E-state index is -0.409. The lowest BCUT2D eigenvalue weighted by Gasteiger charge is -2.41. The summed E-state index contributed by atoms with van der Waals surface area (Å²) in [6.07, 6.45) is 7.10. The Balaban J connectivity index is 1.49. The molecule has 4 saturated heterocycles. The number of nitrogens with zero attached hydrogens (tertiary/aromatic N) is 3. The molecule has 0 aliphatic carbocycles. The van der Waals surface area contributed by atoms with Crippen LogP contribution in [0.2, 0.25) is 0 Å². The maximum Gasteiger partial charge on any atom is 0.242 e. The Hall–Kier alpha value is -1.59. The van der Waals surface area contributed by atoms with Gasteiger partial charge in [0.1, 0.15) is 0 Å². The molecular weight excluding hydrogens is 342 g/mol. The quantitative estimate of drug-likeness (QED) is 0.755. The van der Waals surface area contributed by atoms with Gasteiger partial charge in [-0.25, -0.2) is 0 Å². The summed E-state index contributed by atoms with van der Waals surface area (Å²) in [6.45, 7) is 6.97. The van der Waals surface area contributed by atoms with E-state index in [0.29, 0.717) is 18.9 Å². The second-order valence-electron chi connectivity index (χ2n) is 9.16. The zero-order valence-corrected chi connectivity index (χ0v) is 16.8. The number of carbonyl (C=O) groups excluding carboxylic acids is 3. The minimum Gasteiger partial charge on any atom is -0.342 e. The summed E-state index contributed by atoms with van der Waals surface area (Å²) in [7, 11) is 0. The number of hydrogen-bond acceptors (Lipinski definition) is 3. The first-order chi connectivity index (χ1) is 13.0. The van der Waals surface area contributed by atoms with Gasteiger partial charge in [-0.2, -0.15) is 0 Å². The number of piperidine rings is 1. The number of amides is 3. The van der Waals surface area contributed by atoms with Crippen LogP contribution in [0, 0.1) is 11.3 Å². The lowest BCUT2D eigenvalue weighted by atomic mass is 9.70. The molecular formula is C21H33N3O3. The van der Waals surface area contributed by atoms with Crippen molar-refractivity contribution in [3.05, 3.63) is 0 Å². The van der Waals surface area contributed by atoms with Gasteiger partial charge in [-0.05, 0) is 50.9 Å². The number of likely N-dealkylation sites (tertiary alicyclic amines) is 2. The number of hydrogen-bond donors (Lipinski definition) is 0. The maximum atomic E-state index is 13.5. The summed E-state index contributed by atoms with van der Waals surface area (Å²) in [6, 6.07) is 0.192. The summed E-state index contributed by atoms with van der Waals surface area (Å²) in [5.74, 6) is 1.12. The Labute approximate surface area is 162 Å². The van der Waals surface area contributed by atoms with Crippen molar-refractivity contribution >= 4 is 17.7 Å². The minimum absolute atomic E-state index is 0.0181. The molecule has 4 heterocycles. The second kappa shape index (κ2) is 7.10. The van der Waals surface area contributed by atoms with Crippen LogP contribution >= 0.6 is 0 Å². The fourth-order valence-electron chi connectivity index (χ4n) is 5.96. The van der Waals surface area contributed by atoms with Crippen LogP contribution in [0.4, 0.5) is 0 Å². The summed E-state index contributed by atoms with van der Waals surface area (Å²) in [5.41, 5.74) is -0.409. The molecule has 4 rings (SSSR count). The molecule has 0 radical (unpaired) electrons. The molecule has 0 saturated carbocycles. The van der Waals surface area contributed by atoms with Crippen molar-refractivity contribution in [1.29, 1.82) is 0 Å². The van der Waals surface area contributed by atoms with Crippen molar-refractivity contribution in [2.24, 2.45) is 11.3 Å². The SMILES string of the molecule is CC[C@@]1(C(=O)N2CCC(C)CC2)C[C@@H]2CC[C@H]1N2C(=O)CN1CCCC1=O. The average molecular weight is 376 g/mol. The molecule has 0 unspecified atom stereocenters. The molecule has 150 valence electrons. The lowest BCUT2D eigenvalue weighted by molar-refractivity contribution is -0.147. The molecule has 6 heteroatoms. The molecule has 3 amide bonds. The lowest BCUT2D eigenvalue weighted by Crippen LogP contribution is -2.53. The largest absolute Gasteiger partial charge is 0.342 e. The number of carbonyl (C=O) groups is 3. The normalized spacial score (nSPS) is 34.0. The summed E-state index contributed by atoms with van der Waals surface area (Å²) in [4.78, 5) is 44.3. The molecule has 0 aromatic carbocycles. The van der Waals surface area contributed by atoms with Crippen LogP contribution in [0.1, 0.15) is 65.2 Å². The number of fused-ring (bicyclic) bond motifs is 2. The van der Waals surface area contributed by atoms with Crippen molar-refractivity contribution in [2.75, 3.05) is 26.2 Å². The fraction of sp³-hybridized carbons (Fsp3) is 0.857. The van der Waals surface area contributed by atoms with Crippen LogP contribution in [-0.2, 0) is 14.4 Å². The smallest absolute Gasteiger partial charge is 0.242 e. The summed E-state index contributed by atoms with van der Waals surface area (Å²) in [5, 5.41) is 0. The van der Waals surface area contributed by atoms with Gasteiger partial charge in [0.25, 0.3) is 0 Å². The topological polar surface area (TPSA) is 60.9 Å². The Morgan fingerprint density at radius 2 is 1.85 bits per heavy atom. The van der Waals surface area contributed by atoms with E-state index in [-0.39, 0.29) is 36.3 Å². The summed E-state index contributed by atoms with van der Waals surface area (Å²) >= 11 is 0. The van der Waals surface area contributed by atoms with Crippen molar-refractivity contribution in [3.63, 3.8) is 0 Å². The highest BCUT2D eigenvalue weighted by molar-refractivity contribution is 5.89. The van der Waals surface area contributed by atoms with E-state index in [1.54, 1.807) is 4.90 Å². The van der Waals surface area contributed by atoms with Gasteiger partial charge in [0.15, 0.2) is 0 Å². The van der Waals surface area contributed by atoms with Gasteiger partial charge in [-0.1, -0.05) is 13.8 Å². The highest BCUT2D eigenvalue weighted by Gasteiger charge is 2.61. The standard InChI is InChI=1S/C21H33N3O3/c1-3-21(20(27)22-11-8-15(2)9-12-22)13-16-6-7-17(21)24(16)19(26)14-23-10-4-5-18(23)25/h15-17H,3-14H2,1-2H3/t16-,17+,21+/m0/s1. The Bertz CT molecular complexity index is 628. The Morgan fingerprint density at radius 1 is 1.11 bits per heavy atom. The Kier molecular flexibility index (Phi) is 4.93. The van der Waals surface area contributed by atoms with E-state index in [1.165, 1.54) is 0 Å². The van der Waals surface area contributed by atoms with Gasteiger partial charge in [0.05, 0.1) is 12.0 Å². The molecule has 2 bridgehead atoms. The number of rotatable bonds is 4. The third kappa shape index (κ3) is 3.05. The predicted molar refractivity (Wildman–Crippen MR) is 102 cm³/mol. The van der Waals surface area contributed by atoms with E-state index in [9.17, 15) is 14.4 Å². The first kappa shape index (κ1) is 18.8. The van der Waals surface area contributed by atoms with E-state index in [1.807, 2.05) is 4.90 Å². The van der Waals surface area contributed by atoms with Crippen molar-refractivity contribution in [1.82, 2.24) is 14.7 Å². The molecule has 4 aliphatic heterocycles. The van der Waals surface area contributed by atoms with Crippen molar-refractivity contribution in [2.45, 2.75) is 77.3 Å². The zero-order chi connectivity index (χ0) is 19.2. The monoisotopic (exact) mass is 375 g/mol. The highest BCUT2D eigenvalue weighted by atomic mass is 16.2. The van der Waals surface area contributed by atoms with Gasteiger partial charge in [0.2, 0.25) is 17.7 Å². The average Bonchev–Trinajstić information content (AvgIpc) is 3.35. The van der Waals surface area contributed by atoms with E-state index in [4.69, 9.17) is 0 Å². The van der Waals surface area contributed by atoms with Crippen LogP contribution in [0.3, 0.4) is 0 Å². The van der Waals surface area contributed by atoms with E-state index in [2.05, 4.69) is 18.7 Å². The molecule has 27 heavy (non-hydrogen) atoms. The first-order valence-corrected chi connectivity index (χ1v) is 10.8. The van der Waals surface area contributed by atoms with Gasteiger partial charge in [0, 0.05) is 38.1 Å². The van der Waals surface area contributed by atoms with Crippen LogP contribution < -0.4 is 0 Å². The zero-order valence-electron chi connectivity index (χ0n) is 16.8. The van der Waals surface area contributed by atoms with Gasteiger partial charge < -0.3 is 14.7 Å². The Morgan fingerprint density at radius 3 is 2.48 bits per heavy atom. The van der Waals surface area contributed by atoms with E-state index >= 15 is 0 Å². The highest BCUT2D eigenvalue weighted by Crippen LogP contribution is 2.53. The maximum absolute atomic E-state index is 13.5. The van der Waals surface area contributed by atoms with Crippen molar-refractivity contribution in [3.8, 4) is 0 Å². The van der Waals surface area contributed by atoms with Crippen LogP contribution in [-0.4, -0.2) is 70.7 Å². The molecule has 0 spiro atoms. The van der Waals surface area contributed by atoms with Crippen LogP contribution in [0.25, 0.3) is 0 Å². The second-order valence-corrected chi connectivity index (χ2v) is 9.16. The van der Waals surface area contributed by atoms with E-state index < -0.39 is 5.41 Å². The van der Waals surface area contributed by atoms with Gasteiger partial charge in [-0.15, -0.1) is 0 Å². The molecule has 0 N–H and O–H groups in total. The van der Waals surface area contributed by atoms with Crippen LogP contribution in [0.5, 0.6) is 0 Å². The predicted octanol–water partition coefficient (Wildman–Crippen LogP) is 2.03. The molecule has 0 aromatic rings. The van der Waals surface area contributed by atoms with Crippen LogP contribution in [0.15, 0.2) is 0 Å².